The van der Waals surface area contributed by atoms with Crippen molar-refractivity contribution in [3.8, 4) is 11.4 Å². The Morgan fingerprint density at radius 1 is 1.38 bits per heavy atom. The highest BCUT2D eigenvalue weighted by molar-refractivity contribution is 5.81. The number of hydrogen-bond acceptors (Lipinski definition) is 4. The first-order valence-electron chi connectivity index (χ1n) is 6.55. The summed E-state index contributed by atoms with van der Waals surface area (Å²) >= 11 is 0. The fourth-order valence-electron chi connectivity index (χ4n) is 2.26. The Kier molecular flexibility index (Phi) is 3.13. The van der Waals surface area contributed by atoms with Crippen molar-refractivity contribution in [3.63, 3.8) is 0 Å². The van der Waals surface area contributed by atoms with Crippen LogP contribution in [0.15, 0.2) is 36.8 Å². The molecule has 0 aliphatic heterocycles. The number of fused-ring (bicyclic) bond motifs is 1. The van der Waals surface area contributed by atoms with Gasteiger partial charge in [-0.05, 0) is 37.6 Å². The van der Waals surface area contributed by atoms with Crippen molar-refractivity contribution < 1.29 is 9.90 Å². The van der Waals surface area contributed by atoms with Crippen molar-refractivity contribution in [3.05, 3.63) is 42.4 Å². The highest BCUT2D eigenvalue weighted by atomic mass is 16.4. The van der Waals surface area contributed by atoms with E-state index in [9.17, 15) is 9.90 Å². The lowest BCUT2D eigenvalue weighted by atomic mass is 10.2. The normalized spacial score (nSPS) is 12.5. The average Bonchev–Trinajstić information content (AvgIpc) is 2.85. The number of carboxylic acid groups (broad SMARTS) is 1. The predicted molar refractivity (Wildman–Crippen MR) is 77.8 cm³/mol. The number of aliphatic carboxylic acids is 1. The van der Waals surface area contributed by atoms with Crippen LogP contribution in [0.5, 0.6) is 0 Å². The monoisotopic (exact) mass is 282 g/mol. The van der Waals surface area contributed by atoms with Gasteiger partial charge in [0.15, 0.2) is 5.65 Å². The fourth-order valence-corrected chi connectivity index (χ4v) is 2.26. The Labute approximate surface area is 121 Å². The molecule has 106 valence electrons. The molecule has 0 fully saturated rings. The van der Waals surface area contributed by atoms with E-state index in [0.717, 1.165) is 11.1 Å². The SMILES string of the molecule is Cc1cnc2c(c1)nc(-c1cccnc1)n2C(C)C(=O)O. The van der Waals surface area contributed by atoms with Gasteiger partial charge in [0, 0.05) is 24.2 Å². The van der Waals surface area contributed by atoms with E-state index < -0.39 is 12.0 Å². The number of hydrogen-bond donors (Lipinski definition) is 1. The number of carbonyl (C=O) groups is 1. The van der Waals surface area contributed by atoms with Gasteiger partial charge in [-0.25, -0.2) is 14.8 Å². The molecule has 21 heavy (non-hydrogen) atoms. The third-order valence-corrected chi connectivity index (χ3v) is 3.33. The van der Waals surface area contributed by atoms with E-state index in [1.54, 1.807) is 36.1 Å². The Bertz CT molecular complexity index is 811. The molecule has 0 aliphatic rings. The molecule has 1 unspecified atom stereocenters. The first-order valence-corrected chi connectivity index (χ1v) is 6.55. The molecule has 0 saturated carbocycles. The van der Waals surface area contributed by atoms with E-state index >= 15 is 0 Å². The van der Waals surface area contributed by atoms with Gasteiger partial charge < -0.3 is 5.11 Å². The number of rotatable bonds is 3. The standard InChI is InChI=1S/C15H14N4O2/c1-9-6-12-14(17-7-9)19(10(2)15(20)21)13(18-12)11-4-3-5-16-8-11/h3-8,10H,1-2H3,(H,20,21). The van der Waals surface area contributed by atoms with Gasteiger partial charge in [-0.3, -0.25) is 9.55 Å². The second kappa shape index (κ2) is 4.97. The number of pyridine rings is 2. The first kappa shape index (κ1) is 13.2. The van der Waals surface area contributed by atoms with Gasteiger partial charge in [-0.1, -0.05) is 0 Å². The van der Waals surface area contributed by atoms with Crippen LogP contribution in [-0.2, 0) is 4.79 Å². The smallest absolute Gasteiger partial charge is 0.326 e. The second-order valence-electron chi connectivity index (χ2n) is 4.92. The van der Waals surface area contributed by atoms with Crippen molar-refractivity contribution in [1.82, 2.24) is 19.5 Å². The fraction of sp³-hybridized carbons (Fsp3) is 0.200. The lowest BCUT2D eigenvalue weighted by Gasteiger charge is -2.12. The van der Waals surface area contributed by atoms with Crippen molar-refractivity contribution in [2.75, 3.05) is 0 Å². The van der Waals surface area contributed by atoms with Crippen LogP contribution in [0.25, 0.3) is 22.6 Å². The molecule has 3 aromatic rings. The van der Waals surface area contributed by atoms with Gasteiger partial charge in [0.25, 0.3) is 0 Å². The van der Waals surface area contributed by atoms with E-state index in [0.29, 0.717) is 17.0 Å². The van der Waals surface area contributed by atoms with Gasteiger partial charge in [0.05, 0.1) is 0 Å². The zero-order valence-corrected chi connectivity index (χ0v) is 11.7. The summed E-state index contributed by atoms with van der Waals surface area (Å²) < 4.78 is 1.63. The van der Waals surface area contributed by atoms with E-state index in [2.05, 4.69) is 15.0 Å². The minimum absolute atomic E-state index is 0.561. The first-order chi connectivity index (χ1) is 10.1. The van der Waals surface area contributed by atoms with Crippen molar-refractivity contribution in [2.45, 2.75) is 19.9 Å². The number of nitrogens with zero attached hydrogens (tertiary/aromatic N) is 4. The molecular formula is C15H14N4O2. The summed E-state index contributed by atoms with van der Waals surface area (Å²) in [7, 11) is 0. The van der Waals surface area contributed by atoms with Crippen LogP contribution < -0.4 is 0 Å². The average molecular weight is 282 g/mol. The lowest BCUT2D eigenvalue weighted by Crippen LogP contribution is -2.17. The Morgan fingerprint density at radius 3 is 2.86 bits per heavy atom. The molecule has 1 N–H and O–H groups in total. The third kappa shape index (κ3) is 2.24. The molecule has 0 spiro atoms. The predicted octanol–water partition coefficient (Wildman–Crippen LogP) is 2.45. The van der Waals surface area contributed by atoms with Crippen LogP contribution in [0, 0.1) is 6.92 Å². The largest absolute Gasteiger partial charge is 0.480 e. The highest BCUT2D eigenvalue weighted by Crippen LogP contribution is 2.27. The van der Waals surface area contributed by atoms with Gasteiger partial charge in [-0.15, -0.1) is 0 Å². The van der Waals surface area contributed by atoms with Crippen LogP contribution in [-0.4, -0.2) is 30.6 Å². The maximum Gasteiger partial charge on any atom is 0.326 e. The van der Waals surface area contributed by atoms with E-state index in [1.165, 1.54) is 0 Å². The zero-order chi connectivity index (χ0) is 15.0. The summed E-state index contributed by atoms with van der Waals surface area (Å²) in [4.78, 5) is 24.4. The summed E-state index contributed by atoms with van der Waals surface area (Å²) in [5, 5.41) is 9.35. The van der Waals surface area contributed by atoms with Crippen LogP contribution >= 0.6 is 0 Å². The molecule has 0 radical (unpaired) electrons. The summed E-state index contributed by atoms with van der Waals surface area (Å²) in [5.74, 6) is -0.368. The van der Waals surface area contributed by atoms with Crippen LogP contribution in [0.3, 0.4) is 0 Å². The summed E-state index contributed by atoms with van der Waals surface area (Å²) in [6, 6.07) is 4.78. The molecular weight excluding hydrogens is 268 g/mol. The van der Waals surface area contributed by atoms with Gasteiger partial charge in [-0.2, -0.15) is 0 Å². The summed E-state index contributed by atoms with van der Waals surface area (Å²) in [5.41, 5.74) is 2.99. The maximum atomic E-state index is 11.4. The minimum Gasteiger partial charge on any atom is -0.480 e. The number of aromatic nitrogens is 4. The number of aryl methyl sites for hydroxylation is 1. The molecule has 0 saturated heterocycles. The summed E-state index contributed by atoms with van der Waals surface area (Å²) in [6.07, 6.45) is 5.04. The van der Waals surface area contributed by atoms with Gasteiger partial charge >= 0.3 is 5.97 Å². The molecule has 0 aliphatic carbocycles. The topological polar surface area (TPSA) is 80.9 Å². The molecule has 0 aromatic carbocycles. The number of carboxylic acids is 1. The van der Waals surface area contributed by atoms with Crippen molar-refractivity contribution in [1.29, 1.82) is 0 Å². The molecule has 1 atom stereocenters. The molecule has 0 bridgehead atoms. The van der Waals surface area contributed by atoms with Crippen LogP contribution in [0.2, 0.25) is 0 Å². The third-order valence-electron chi connectivity index (χ3n) is 3.33. The molecule has 0 amide bonds. The Morgan fingerprint density at radius 2 is 2.19 bits per heavy atom. The number of imidazole rings is 1. The molecule has 6 heteroatoms. The molecule has 3 rings (SSSR count). The maximum absolute atomic E-state index is 11.4. The zero-order valence-electron chi connectivity index (χ0n) is 11.7. The Hall–Kier alpha value is -2.76. The van der Waals surface area contributed by atoms with Crippen molar-refractivity contribution in [2.24, 2.45) is 0 Å². The second-order valence-corrected chi connectivity index (χ2v) is 4.92. The summed E-state index contributed by atoms with van der Waals surface area (Å²) in [6.45, 7) is 3.54. The van der Waals surface area contributed by atoms with Crippen LogP contribution in [0.4, 0.5) is 0 Å². The highest BCUT2D eigenvalue weighted by Gasteiger charge is 2.22. The molecule has 6 nitrogen and oxygen atoms in total. The van der Waals surface area contributed by atoms with E-state index in [-0.39, 0.29) is 0 Å². The Balaban J connectivity index is 2.32. The van der Waals surface area contributed by atoms with Crippen molar-refractivity contribution >= 4 is 17.1 Å². The van der Waals surface area contributed by atoms with Gasteiger partial charge in [0.2, 0.25) is 0 Å². The van der Waals surface area contributed by atoms with Gasteiger partial charge in [0.1, 0.15) is 17.4 Å². The molecule has 3 aromatic heterocycles. The van der Waals surface area contributed by atoms with Crippen LogP contribution in [0.1, 0.15) is 18.5 Å². The molecule has 3 heterocycles. The van der Waals surface area contributed by atoms with E-state index in [1.807, 2.05) is 19.1 Å². The minimum atomic E-state index is -0.929. The lowest BCUT2D eigenvalue weighted by molar-refractivity contribution is -0.140. The van der Waals surface area contributed by atoms with E-state index in [4.69, 9.17) is 0 Å². The quantitative estimate of drug-likeness (QED) is 0.798.